The van der Waals surface area contributed by atoms with Crippen molar-refractivity contribution >= 4 is 11.9 Å². The third kappa shape index (κ3) is 3.27. The Labute approximate surface area is 175 Å². The van der Waals surface area contributed by atoms with E-state index in [1.807, 2.05) is 0 Å². The maximum Gasteiger partial charge on any atom is 0.303 e. The summed E-state index contributed by atoms with van der Waals surface area (Å²) in [4.78, 5) is 23.5. The van der Waals surface area contributed by atoms with Crippen LogP contribution in [0, 0.1) is 40.4 Å². The molecular formula is C25H36O4. The number of allylic oxidation sites excluding steroid dienone is 2. The lowest BCUT2D eigenvalue weighted by atomic mass is 9.45. The van der Waals surface area contributed by atoms with Gasteiger partial charge < -0.3 is 9.47 Å². The highest BCUT2D eigenvalue weighted by atomic mass is 16.5. The Hall–Kier alpha value is -1.58. The summed E-state index contributed by atoms with van der Waals surface area (Å²) in [5, 5.41) is 0. The summed E-state index contributed by atoms with van der Waals surface area (Å²) in [5.74, 6) is 2.16. The van der Waals surface area contributed by atoms with E-state index in [0.29, 0.717) is 29.1 Å². The lowest BCUT2D eigenvalue weighted by Gasteiger charge is -2.61. The molecule has 0 aliphatic heterocycles. The summed E-state index contributed by atoms with van der Waals surface area (Å²) in [7, 11) is 0. The van der Waals surface area contributed by atoms with Gasteiger partial charge in [0.2, 0.25) is 0 Å². The predicted molar refractivity (Wildman–Crippen MR) is 112 cm³/mol. The van der Waals surface area contributed by atoms with Gasteiger partial charge >= 0.3 is 11.9 Å². The zero-order chi connectivity index (χ0) is 21.0. The van der Waals surface area contributed by atoms with E-state index < -0.39 is 0 Å². The summed E-state index contributed by atoms with van der Waals surface area (Å²) in [5.41, 5.74) is 0.304. The maximum atomic E-state index is 12.0. The first-order valence-electron chi connectivity index (χ1n) is 11.4. The average molecular weight is 401 g/mol. The van der Waals surface area contributed by atoms with Crippen molar-refractivity contribution in [3.8, 4) is 0 Å². The Morgan fingerprint density at radius 1 is 1.00 bits per heavy atom. The molecule has 0 aromatic rings. The molecule has 0 radical (unpaired) electrons. The molecule has 0 amide bonds. The van der Waals surface area contributed by atoms with Gasteiger partial charge in [-0.25, -0.2) is 0 Å². The predicted octanol–water partition coefficient (Wildman–Crippen LogP) is 5.08. The fraction of sp³-hybridized carbons (Fsp3) is 0.760. The zero-order valence-corrected chi connectivity index (χ0v) is 18.4. The van der Waals surface area contributed by atoms with Crippen molar-refractivity contribution in [2.75, 3.05) is 0 Å². The number of esters is 2. The molecule has 0 bridgehead atoms. The summed E-state index contributed by atoms with van der Waals surface area (Å²) < 4.78 is 11.4. The normalized spacial score (nSPS) is 48.1. The lowest BCUT2D eigenvalue weighted by Crippen LogP contribution is -2.57. The quantitative estimate of drug-likeness (QED) is 0.490. The number of carbonyl (C=O) groups excluding carboxylic acids is 2. The first-order chi connectivity index (χ1) is 13.7. The van der Waals surface area contributed by atoms with Crippen molar-refractivity contribution < 1.29 is 19.1 Å². The zero-order valence-electron chi connectivity index (χ0n) is 18.4. The third-order valence-corrected chi connectivity index (χ3v) is 9.14. The van der Waals surface area contributed by atoms with Crippen molar-refractivity contribution in [2.45, 2.75) is 78.4 Å². The summed E-state index contributed by atoms with van der Waals surface area (Å²) in [6.07, 6.45) is 12.9. The Morgan fingerprint density at radius 2 is 1.72 bits per heavy atom. The lowest BCUT2D eigenvalue weighted by molar-refractivity contribution is -0.176. The summed E-state index contributed by atoms with van der Waals surface area (Å²) in [6.45, 7) is 11.9. The van der Waals surface area contributed by atoms with E-state index in [4.69, 9.17) is 9.47 Å². The van der Waals surface area contributed by atoms with E-state index in [2.05, 4.69) is 38.7 Å². The van der Waals surface area contributed by atoms with Gasteiger partial charge in [0.25, 0.3) is 0 Å². The smallest absolute Gasteiger partial charge is 0.303 e. The molecule has 0 heterocycles. The van der Waals surface area contributed by atoms with Crippen molar-refractivity contribution in [1.29, 1.82) is 0 Å². The molecule has 3 saturated carbocycles. The Balaban J connectivity index is 1.68. The highest BCUT2D eigenvalue weighted by Gasteiger charge is 2.61. The minimum atomic E-state index is -0.254. The topological polar surface area (TPSA) is 52.6 Å². The molecule has 0 spiro atoms. The molecule has 0 N–H and O–H groups in total. The molecular weight excluding hydrogens is 364 g/mol. The van der Waals surface area contributed by atoms with Gasteiger partial charge in [0.05, 0.1) is 0 Å². The molecule has 0 unspecified atom stereocenters. The highest BCUT2D eigenvalue weighted by molar-refractivity contribution is 5.66. The maximum absolute atomic E-state index is 12.0. The molecule has 4 heteroatoms. The minimum absolute atomic E-state index is 0.0206. The molecule has 4 aliphatic carbocycles. The molecule has 0 saturated heterocycles. The van der Waals surface area contributed by atoms with Gasteiger partial charge in [0.1, 0.15) is 12.2 Å². The molecule has 4 rings (SSSR count). The van der Waals surface area contributed by atoms with Gasteiger partial charge in [-0.3, -0.25) is 9.59 Å². The molecule has 4 nitrogen and oxygen atoms in total. The number of ether oxygens (including phenoxy) is 2. The van der Waals surface area contributed by atoms with Crippen LogP contribution in [0.5, 0.6) is 0 Å². The van der Waals surface area contributed by atoms with Crippen LogP contribution in [-0.2, 0) is 19.1 Å². The van der Waals surface area contributed by atoms with Crippen LogP contribution in [0.2, 0.25) is 0 Å². The van der Waals surface area contributed by atoms with Crippen LogP contribution in [0.1, 0.15) is 66.2 Å². The second-order valence-corrected chi connectivity index (χ2v) is 10.4. The number of hydrogen-bond donors (Lipinski definition) is 0. The minimum Gasteiger partial charge on any atom is -0.462 e. The van der Waals surface area contributed by atoms with Crippen LogP contribution in [0.25, 0.3) is 0 Å². The van der Waals surface area contributed by atoms with E-state index in [0.717, 1.165) is 12.8 Å². The molecule has 160 valence electrons. The number of carbonyl (C=O) groups is 2. The van der Waals surface area contributed by atoms with E-state index >= 15 is 0 Å². The van der Waals surface area contributed by atoms with Crippen LogP contribution in [0.3, 0.4) is 0 Å². The first kappa shape index (κ1) is 20.7. The molecule has 4 aliphatic rings. The van der Waals surface area contributed by atoms with Gasteiger partial charge in [-0.1, -0.05) is 26.0 Å². The third-order valence-electron chi connectivity index (χ3n) is 9.14. The van der Waals surface area contributed by atoms with Gasteiger partial charge in [0.15, 0.2) is 0 Å². The second kappa shape index (κ2) is 7.28. The van der Waals surface area contributed by atoms with Crippen LogP contribution in [-0.4, -0.2) is 24.1 Å². The van der Waals surface area contributed by atoms with Crippen molar-refractivity contribution in [3.05, 3.63) is 24.8 Å². The van der Waals surface area contributed by atoms with Crippen LogP contribution in [0.15, 0.2) is 24.8 Å². The van der Waals surface area contributed by atoms with Crippen LogP contribution < -0.4 is 0 Å². The van der Waals surface area contributed by atoms with E-state index in [1.54, 1.807) is 0 Å². The summed E-state index contributed by atoms with van der Waals surface area (Å²) >= 11 is 0. The van der Waals surface area contributed by atoms with E-state index in [1.165, 1.54) is 39.5 Å². The summed E-state index contributed by atoms with van der Waals surface area (Å²) in [6, 6.07) is 0. The van der Waals surface area contributed by atoms with Gasteiger partial charge in [-0.2, -0.15) is 0 Å². The molecule has 9 atom stereocenters. The van der Waals surface area contributed by atoms with Gasteiger partial charge in [-0.05, 0) is 79.1 Å². The Bertz CT molecular complexity index is 726. The number of hydrogen-bond acceptors (Lipinski definition) is 4. The Morgan fingerprint density at radius 3 is 2.38 bits per heavy atom. The molecule has 0 aromatic heterocycles. The fourth-order valence-electron chi connectivity index (χ4n) is 7.86. The van der Waals surface area contributed by atoms with Crippen molar-refractivity contribution in [1.82, 2.24) is 0 Å². The van der Waals surface area contributed by atoms with Crippen molar-refractivity contribution in [3.63, 3.8) is 0 Å². The van der Waals surface area contributed by atoms with Crippen LogP contribution in [0.4, 0.5) is 0 Å². The largest absolute Gasteiger partial charge is 0.462 e. The first-order valence-corrected chi connectivity index (χ1v) is 11.4. The molecule has 29 heavy (non-hydrogen) atoms. The van der Waals surface area contributed by atoms with Gasteiger partial charge in [0, 0.05) is 19.8 Å². The second-order valence-electron chi connectivity index (χ2n) is 10.4. The molecule has 3 fully saturated rings. The highest BCUT2D eigenvalue weighted by Crippen LogP contribution is 2.67. The monoisotopic (exact) mass is 400 g/mol. The SMILES string of the molecule is C=C[C@H]1CC[C@H]2[C@@H]3C[C@H](OC(C)=O)[C@H]4C[C@@H](OC(C)=O)C=C[C@]4(C)[C@H]3CC[C@]12C. The number of fused-ring (bicyclic) bond motifs is 5. The van der Waals surface area contributed by atoms with Crippen molar-refractivity contribution in [2.24, 2.45) is 40.4 Å². The van der Waals surface area contributed by atoms with Gasteiger partial charge in [-0.15, -0.1) is 6.58 Å². The van der Waals surface area contributed by atoms with E-state index in [-0.39, 0.29) is 35.5 Å². The Kier molecular flexibility index (Phi) is 5.19. The average Bonchev–Trinajstić information content (AvgIpc) is 2.98. The fourth-order valence-corrected chi connectivity index (χ4v) is 7.86. The number of rotatable bonds is 3. The molecule has 0 aromatic carbocycles. The van der Waals surface area contributed by atoms with Crippen LogP contribution >= 0.6 is 0 Å². The van der Waals surface area contributed by atoms with E-state index in [9.17, 15) is 9.59 Å². The standard InChI is InChI=1S/C25H36O4/c1-6-17-7-8-20-19-14-23(29-16(3)27)22-13-18(28-15(2)26)9-11-25(22,5)21(19)10-12-24(17,20)4/h6,9,11,17-23H,1,7-8,10,12-14H2,2-5H3/t17-,18-,19-,20-,21-,22+,23-,24+,25+/m0/s1.